The van der Waals surface area contributed by atoms with Gasteiger partial charge in [0.25, 0.3) is 5.91 Å². The van der Waals surface area contributed by atoms with E-state index in [4.69, 9.17) is 0 Å². The van der Waals surface area contributed by atoms with Crippen LogP contribution >= 0.6 is 0 Å². The van der Waals surface area contributed by atoms with E-state index in [0.29, 0.717) is 5.56 Å². The minimum absolute atomic E-state index is 0.0219. The normalized spacial score (nSPS) is 11.7. The van der Waals surface area contributed by atoms with Gasteiger partial charge in [-0.15, -0.1) is 0 Å². The predicted molar refractivity (Wildman–Crippen MR) is 89.2 cm³/mol. The Bertz CT molecular complexity index is 749. The number of rotatable bonds is 3. The van der Waals surface area contributed by atoms with E-state index in [9.17, 15) is 9.59 Å². The highest BCUT2D eigenvalue weighted by molar-refractivity contribution is 6.01. The minimum atomic E-state index is -0.440. The zero-order valence-electron chi connectivity index (χ0n) is 14.2. The number of carbonyl (C=O) groups excluding carboxylic acids is 2. The molecule has 1 aromatic carbocycles. The van der Waals surface area contributed by atoms with E-state index in [-0.39, 0.29) is 18.2 Å². The van der Waals surface area contributed by atoms with Crippen molar-refractivity contribution in [2.75, 3.05) is 6.54 Å². The molecule has 0 aliphatic heterocycles. The number of Topliss-reactive ketones (excluding diaryl/α,β-unsaturated/α-hetero) is 1. The molecular weight excluding hydrogens is 276 g/mol. The number of amides is 1. The Balaban J connectivity index is 2.23. The molecule has 22 heavy (non-hydrogen) atoms. The van der Waals surface area contributed by atoms with Gasteiger partial charge in [-0.25, -0.2) is 0 Å². The third-order valence-electron chi connectivity index (χ3n) is 4.32. The highest BCUT2D eigenvalue weighted by Crippen LogP contribution is 2.25. The van der Waals surface area contributed by atoms with Crippen molar-refractivity contribution in [3.8, 4) is 0 Å². The quantitative estimate of drug-likeness (QED) is 0.946. The van der Waals surface area contributed by atoms with E-state index in [1.807, 2.05) is 40.0 Å². The Morgan fingerprint density at radius 2 is 1.82 bits per heavy atom. The summed E-state index contributed by atoms with van der Waals surface area (Å²) in [6.45, 7) is 9.74. The van der Waals surface area contributed by atoms with Gasteiger partial charge in [0.15, 0.2) is 5.78 Å². The monoisotopic (exact) mass is 300 g/mol. The van der Waals surface area contributed by atoms with Crippen molar-refractivity contribution in [3.05, 3.63) is 35.0 Å². The molecule has 0 aliphatic rings. The Kier molecular flexibility index (Phi) is 4.14. The maximum Gasteiger partial charge on any atom is 0.251 e. The smallest absolute Gasteiger partial charge is 0.251 e. The first-order chi connectivity index (χ1) is 10.1. The molecule has 1 N–H and O–H groups in total. The average Bonchev–Trinajstić information content (AvgIpc) is 2.68. The molecular formula is C18H24N2O2. The van der Waals surface area contributed by atoms with Crippen LogP contribution in [0.4, 0.5) is 0 Å². The number of fused-ring (bicyclic) bond motifs is 1. The van der Waals surface area contributed by atoms with Gasteiger partial charge in [0.05, 0.1) is 6.54 Å². The third-order valence-corrected chi connectivity index (χ3v) is 4.32. The molecule has 0 radical (unpaired) electrons. The van der Waals surface area contributed by atoms with E-state index in [1.165, 1.54) is 11.3 Å². The molecule has 0 saturated carbocycles. The van der Waals surface area contributed by atoms with Crippen molar-refractivity contribution in [2.24, 2.45) is 12.5 Å². The van der Waals surface area contributed by atoms with Crippen LogP contribution in [0.25, 0.3) is 10.9 Å². The number of aryl methyl sites for hydroxylation is 2. The second-order valence-electron chi connectivity index (χ2n) is 6.86. The minimum Gasteiger partial charge on any atom is -0.348 e. The molecule has 0 aliphatic carbocycles. The lowest BCUT2D eigenvalue weighted by molar-refractivity contribution is -0.125. The Morgan fingerprint density at radius 3 is 2.41 bits per heavy atom. The number of carbonyl (C=O) groups is 2. The molecule has 0 atom stereocenters. The molecule has 4 nitrogen and oxygen atoms in total. The summed E-state index contributed by atoms with van der Waals surface area (Å²) in [5.41, 5.74) is 3.62. The molecule has 0 spiro atoms. The molecule has 1 aromatic heterocycles. The van der Waals surface area contributed by atoms with E-state index >= 15 is 0 Å². The fraction of sp³-hybridized carbons (Fsp3) is 0.444. The molecule has 0 saturated heterocycles. The van der Waals surface area contributed by atoms with Gasteiger partial charge in [0.2, 0.25) is 0 Å². The van der Waals surface area contributed by atoms with Gasteiger partial charge >= 0.3 is 0 Å². The van der Waals surface area contributed by atoms with E-state index in [1.54, 1.807) is 6.07 Å². The maximum absolute atomic E-state index is 12.3. The van der Waals surface area contributed by atoms with Crippen molar-refractivity contribution in [2.45, 2.75) is 34.6 Å². The van der Waals surface area contributed by atoms with Crippen molar-refractivity contribution in [1.82, 2.24) is 9.88 Å². The number of nitrogens with zero attached hydrogens (tertiary/aromatic N) is 1. The average molecular weight is 300 g/mol. The first-order valence-corrected chi connectivity index (χ1v) is 7.50. The first kappa shape index (κ1) is 16.3. The first-order valence-electron chi connectivity index (χ1n) is 7.50. The van der Waals surface area contributed by atoms with Gasteiger partial charge in [0, 0.05) is 34.6 Å². The predicted octanol–water partition coefficient (Wildman–Crippen LogP) is 3.14. The summed E-state index contributed by atoms with van der Waals surface area (Å²) in [7, 11) is 2.02. The van der Waals surface area contributed by atoms with Gasteiger partial charge in [-0.3, -0.25) is 9.59 Å². The standard InChI is InChI=1S/C18H24N2O2/c1-11-12(2)20(6)15-8-7-13(9-14(11)15)17(22)19-10-16(21)18(3,4)5/h7-9H,10H2,1-6H3,(H,19,22). The van der Waals surface area contributed by atoms with Gasteiger partial charge < -0.3 is 9.88 Å². The fourth-order valence-corrected chi connectivity index (χ4v) is 2.43. The SMILES string of the molecule is Cc1c(C)n(C)c2ccc(C(=O)NCC(=O)C(C)(C)C)cc12. The second kappa shape index (κ2) is 5.59. The van der Waals surface area contributed by atoms with Crippen LogP contribution in [0.3, 0.4) is 0 Å². The topological polar surface area (TPSA) is 51.1 Å². The number of benzene rings is 1. The number of hydrogen-bond acceptors (Lipinski definition) is 2. The summed E-state index contributed by atoms with van der Waals surface area (Å²) in [5.74, 6) is -0.186. The van der Waals surface area contributed by atoms with Gasteiger partial charge in [-0.1, -0.05) is 20.8 Å². The van der Waals surface area contributed by atoms with Crippen LogP contribution in [0.5, 0.6) is 0 Å². The maximum atomic E-state index is 12.3. The molecule has 0 unspecified atom stereocenters. The molecule has 2 aromatic rings. The molecule has 118 valence electrons. The third kappa shape index (κ3) is 2.91. The van der Waals surface area contributed by atoms with Crippen LogP contribution in [0.2, 0.25) is 0 Å². The number of aromatic nitrogens is 1. The molecule has 1 heterocycles. The van der Waals surface area contributed by atoms with E-state index < -0.39 is 5.41 Å². The zero-order chi connectivity index (χ0) is 16.7. The highest BCUT2D eigenvalue weighted by atomic mass is 16.2. The van der Waals surface area contributed by atoms with Crippen LogP contribution in [0.1, 0.15) is 42.4 Å². The lowest BCUT2D eigenvalue weighted by atomic mass is 9.91. The van der Waals surface area contributed by atoms with Crippen LogP contribution in [-0.2, 0) is 11.8 Å². The van der Waals surface area contributed by atoms with Crippen LogP contribution in [0, 0.1) is 19.3 Å². The van der Waals surface area contributed by atoms with Gasteiger partial charge in [0.1, 0.15) is 0 Å². The van der Waals surface area contributed by atoms with Gasteiger partial charge in [-0.2, -0.15) is 0 Å². The van der Waals surface area contributed by atoms with Crippen molar-refractivity contribution in [3.63, 3.8) is 0 Å². The summed E-state index contributed by atoms with van der Waals surface area (Å²) in [6.07, 6.45) is 0. The number of ketones is 1. The van der Waals surface area contributed by atoms with Gasteiger partial charge in [-0.05, 0) is 37.6 Å². The van der Waals surface area contributed by atoms with Crippen molar-refractivity contribution < 1.29 is 9.59 Å². The van der Waals surface area contributed by atoms with E-state index in [2.05, 4.69) is 23.7 Å². The Hall–Kier alpha value is -2.10. The highest BCUT2D eigenvalue weighted by Gasteiger charge is 2.21. The molecule has 0 bridgehead atoms. The second-order valence-corrected chi connectivity index (χ2v) is 6.86. The fourth-order valence-electron chi connectivity index (χ4n) is 2.43. The van der Waals surface area contributed by atoms with Crippen molar-refractivity contribution >= 4 is 22.6 Å². The number of nitrogens with one attached hydrogen (secondary N) is 1. The molecule has 4 heteroatoms. The summed E-state index contributed by atoms with van der Waals surface area (Å²) >= 11 is 0. The zero-order valence-corrected chi connectivity index (χ0v) is 14.2. The van der Waals surface area contributed by atoms with Crippen LogP contribution in [-0.4, -0.2) is 22.8 Å². The van der Waals surface area contributed by atoms with Crippen LogP contribution in [0.15, 0.2) is 18.2 Å². The van der Waals surface area contributed by atoms with Crippen LogP contribution < -0.4 is 5.32 Å². The number of hydrogen-bond donors (Lipinski definition) is 1. The molecule has 0 fully saturated rings. The summed E-state index contributed by atoms with van der Waals surface area (Å²) in [6, 6.07) is 5.66. The lowest BCUT2D eigenvalue weighted by Gasteiger charge is -2.16. The summed E-state index contributed by atoms with van der Waals surface area (Å²) in [4.78, 5) is 24.1. The molecule has 1 amide bonds. The Labute approximate surface area is 131 Å². The largest absolute Gasteiger partial charge is 0.348 e. The molecule has 2 rings (SSSR count). The van der Waals surface area contributed by atoms with E-state index in [0.717, 1.165) is 10.9 Å². The summed E-state index contributed by atoms with van der Waals surface area (Å²) in [5, 5.41) is 3.79. The van der Waals surface area contributed by atoms with Crippen molar-refractivity contribution in [1.29, 1.82) is 0 Å². The lowest BCUT2D eigenvalue weighted by Crippen LogP contribution is -2.35. The Morgan fingerprint density at radius 1 is 1.18 bits per heavy atom. The summed E-state index contributed by atoms with van der Waals surface area (Å²) < 4.78 is 2.12.